The van der Waals surface area contributed by atoms with Gasteiger partial charge in [0.05, 0.1) is 28.4 Å². The molecule has 0 heterocycles. The van der Waals surface area contributed by atoms with Gasteiger partial charge in [-0.2, -0.15) is 0 Å². The molecule has 0 fully saturated rings. The number of benzene rings is 2. The Labute approximate surface area is 173 Å². The van der Waals surface area contributed by atoms with Gasteiger partial charge >= 0.3 is 0 Å². The van der Waals surface area contributed by atoms with Crippen LogP contribution in [0.2, 0.25) is 0 Å². The first kappa shape index (κ1) is 22.2. The third-order valence-electron chi connectivity index (χ3n) is 4.41. The Bertz CT molecular complexity index is 812. The molecule has 2 N–H and O–H groups in total. The van der Waals surface area contributed by atoms with Crippen molar-refractivity contribution in [2.24, 2.45) is 4.99 Å². The van der Waals surface area contributed by atoms with Crippen LogP contribution in [-0.2, 0) is 6.42 Å². The van der Waals surface area contributed by atoms with Crippen molar-refractivity contribution < 1.29 is 18.9 Å². The molecule has 0 aliphatic heterocycles. The second-order valence-electron chi connectivity index (χ2n) is 6.35. The Morgan fingerprint density at radius 3 is 2.10 bits per heavy atom. The van der Waals surface area contributed by atoms with Crippen molar-refractivity contribution in [3.8, 4) is 23.0 Å². The van der Waals surface area contributed by atoms with Gasteiger partial charge in [0.25, 0.3) is 0 Å². The van der Waals surface area contributed by atoms with Gasteiger partial charge in [-0.15, -0.1) is 0 Å². The number of nitrogens with zero attached hydrogens (tertiary/aromatic N) is 1. The second-order valence-corrected chi connectivity index (χ2v) is 6.35. The van der Waals surface area contributed by atoms with Crippen molar-refractivity contribution in [3.05, 3.63) is 41.5 Å². The van der Waals surface area contributed by atoms with Crippen LogP contribution in [0.1, 0.15) is 18.1 Å². The van der Waals surface area contributed by atoms with Gasteiger partial charge in [0.1, 0.15) is 5.75 Å². The van der Waals surface area contributed by atoms with Crippen LogP contribution in [0.3, 0.4) is 0 Å². The van der Waals surface area contributed by atoms with E-state index in [4.69, 9.17) is 18.9 Å². The summed E-state index contributed by atoms with van der Waals surface area (Å²) in [5, 5.41) is 6.55. The van der Waals surface area contributed by atoms with E-state index >= 15 is 0 Å². The highest BCUT2D eigenvalue weighted by atomic mass is 16.5. The average molecular weight is 402 g/mol. The summed E-state index contributed by atoms with van der Waals surface area (Å²) in [6.07, 6.45) is 0.808. The average Bonchev–Trinajstić information content (AvgIpc) is 2.74. The number of aryl methyl sites for hydroxylation is 1. The molecule has 0 saturated heterocycles. The highest BCUT2D eigenvalue weighted by Crippen LogP contribution is 2.39. The van der Waals surface area contributed by atoms with Crippen LogP contribution in [0.5, 0.6) is 23.0 Å². The number of rotatable bonds is 9. The number of nitrogens with one attached hydrogen (secondary N) is 2. The number of ether oxygens (including phenoxy) is 4. The summed E-state index contributed by atoms with van der Waals surface area (Å²) in [4.78, 5) is 4.68. The minimum atomic E-state index is 0.552. The molecule has 7 heteroatoms. The second kappa shape index (κ2) is 11.0. The molecule has 0 bridgehead atoms. The molecule has 0 saturated carbocycles. The minimum Gasteiger partial charge on any atom is -0.496 e. The molecule has 0 spiro atoms. The van der Waals surface area contributed by atoms with Crippen molar-refractivity contribution in [1.29, 1.82) is 0 Å². The van der Waals surface area contributed by atoms with E-state index in [1.807, 2.05) is 26.0 Å². The van der Waals surface area contributed by atoms with Crippen molar-refractivity contribution >= 4 is 11.6 Å². The zero-order valence-electron chi connectivity index (χ0n) is 18.1. The highest BCUT2D eigenvalue weighted by molar-refractivity contribution is 5.94. The molecule has 2 aromatic carbocycles. The number of hydrogen-bond acceptors (Lipinski definition) is 5. The molecule has 158 valence electrons. The SMILES string of the molecule is CCNC(=NCCc1ccc(C)c(OC)c1)Nc1cc(OC)c(OC)c(OC)c1. The van der Waals surface area contributed by atoms with Crippen LogP contribution in [0.25, 0.3) is 0 Å². The van der Waals surface area contributed by atoms with Gasteiger partial charge in [-0.3, -0.25) is 4.99 Å². The first-order valence-electron chi connectivity index (χ1n) is 9.55. The molecule has 0 radical (unpaired) electrons. The Kier molecular flexibility index (Phi) is 8.45. The van der Waals surface area contributed by atoms with E-state index in [0.717, 1.165) is 30.0 Å². The summed E-state index contributed by atoms with van der Waals surface area (Å²) in [5.74, 6) is 3.29. The lowest BCUT2D eigenvalue weighted by Crippen LogP contribution is -2.31. The largest absolute Gasteiger partial charge is 0.496 e. The van der Waals surface area contributed by atoms with Crippen molar-refractivity contribution in [3.63, 3.8) is 0 Å². The third-order valence-corrected chi connectivity index (χ3v) is 4.41. The minimum absolute atomic E-state index is 0.552. The molecule has 0 aliphatic rings. The molecule has 7 nitrogen and oxygen atoms in total. The molecule has 2 rings (SSSR count). The number of guanidine groups is 1. The van der Waals surface area contributed by atoms with Gasteiger partial charge < -0.3 is 29.6 Å². The maximum atomic E-state index is 5.41. The Morgan fingerprint density at radius 2 is 1.55 bits per heavy atom. The number of methoxy groups -OCH3 is 4. The first-order chi connectivity index (χ1) is 14.1. The zero-order chi connectivity index (χ0) is 21.2. The quantitative estimate of drug-likeness (QED) is 0.494. The molecule has 0 aliphatic carbocycles. The van der Waals surface area contributed by atoms with Crippen LogP contribution in [0, 0.1) is 6.92 Å². The molecule has 29 heavy (non-hydrogen) atoms. The summed E-state index contributed by atoms with van der Waals surface area (Å²) in [5.41, 5.74) is 3.09. The predicted molar refractivity (Wildman–Crippen MR) is 117 cm³/mol. The molecule has 0 unspecified atom stereocenters. The zero-order valence-corrected chi connectivity index (χ0v) is 18.1. The first-order valence-corrected chi connectivity index (χ1v) is 9.55. The van der Waals surface area contributed by atoms with E-state index in [9.17, 15) is 0 Å². The van der Waals surface area contributed by atoms with Crippen molar-refractivity contribution in [2.75, 3.05) is 46.8 Å². The Morgan fingerprint density at radius 1 is 0.897 bits per heavy atom. The summed E-state index contributed by atoms with van der Waals surface area (Å²) in [6, 6.07) is 9.92. The lowest BCUT2D eigenvalue weighted by atomic mass is 10.1. The van der Waals surface area contributed by atoms with Gasteiger partial charge in [-0.05, 0) is 37.5 Å². The highest BCUT2D eigenvalue weighted by Gasteiger charge is 2.14. The van der Waals surface area contributed by atoms with Crippen molar-refractivity contribution in [2.45, 2.75) is 20.3 Å². The van der Waals surface area contributed by atoms with Gasteiger partial charge in [0.2, 0.25) is 5.75 Å². The molecule has 0 aromatic heterocycles. The fraction of sp³-hybridized carbons (Fsp3) is 0.409. The van der Waals surface area contributed by atoms with Gasteiger partial charge in [0, 0.05) is 30.9 Å². The Hall–Kier alpha value is -3.09. The maximum Gasteiger partial charge on any atom is 0.203 e. The molecule has 2 aromatic rings. The van der Waals surface area contributed by atoms with E-state index < -0.39 is 0 Å². The number of aliphatic imine (C=N–C) groups is 1. The fourth-order valence-corrected chi connectivity index (χ4v) is 2.91. The number of anilines is 1. The van der Waals surface area contributed by atoms with Crippen LogP contribution >= 0.6 is 0 Å². The maximum absolute atomic E-state index is 5.41. The van der Waals surface area contributed by atoms with E-state index in [-0.39, 0.29) is 0 Å². The predicted octanol–water partition coefficient (Wildman–Crippen LogP) is 3.65. The fourth-order valence-electron chi connectivity index (χ4n) is 2.91. The monoisotopic (exact) mass is 401 g/mol. The summed E-state index contributed by atoms with van der Waals surface area (Å²) in [7, 11) is 6.46. The third kappa shape index (κ3) is 5.94. The van der Waals surface area contributed by atoms with Crippen LogP contribution < -0.4 is 29.6 Å². The van der Waals surface area contributed by atoms with Gasteiger partial charge in [-0.1, -0.05) is 12.1 Å². The molecule has 0 atom stereocenters. The number of hydrogen-bond donors (Lipinski definition) is 2. The molecular weight excluding hydrogens is 370 g/mol. The Balaban J connectivity index is 2.15. The van der Waals surface area contributed by atoms with Gasteiger partial charge in [-0.25, -0.2) is 0 Å². The van der Waals surface area contributed by atoms with Crippen LogP contribution in [0.15, 0.2) is 35.3 Å². The van der Waals surface area contributed by atoms with Crippen LogP contribution in [0.4, 0.5) is 5.69 Å². The summed E-state index contributed by atoms with van der Waals surface area (Å²) in [6.45, 7) is 5.43. The van der Waals surface area contributed by atoms with E-state index in [1.54, 1.807) is 28.4 Å². The summed E-state index contributed by atoms with van der Waals surface area (Å²) >= 11 is 0. The van der Waals surface area contributed by atoms with Gasteiger partial charge in [0.15, 0.2) is 17.5 Å². The molecular formula is C22H31N3O4. The van der Waals surface area contributed by atoms with E-state index in [2.05, 4.69) is 33.8 Å². The van der Waals surface area contributed by atoms with Crippen LogP contribution in [-0.4, -0.2) is 47.5 Å². The van der Waals surface area contributed by atoms with E-state index in [0.29, 0.717) is 29.8 Å². The topological polar surface area (TPSA) is 73.3 Å². The smallest absolute Gasteiger partial charge is 0.203 e. The normalized spacial score (nSPS) is 11.0. The van der Waals surface area contributed by atoms with Crippen molar-refractivity contribution in [1.82, 2.24) is 5.32 Å². The lowest BCUT2D eigenvalue weighted by Gasteiger charge is -2.16. The summed E-state index contributed by atoms with van der Waals surface area (Å²) < 4.78 is 21.6. The van der Waals surface area contributed by atoms with E-state index in [1.165, 1.54) is 5.56 Å². The lowest BCUT2D eigenvalue weighted by molar-refractivity contribution is 0.324. The molecule has 0 amide bonds. The standard InChI is InChI=1S/C22H31N3O4/c1-7-23-22(24-11-10-16-9-8-15(2)18(12-16)26-3)25-17-13-19(27-4)21(29-6)20(14-17)28-5/h8-9,12-14H,7,10-11H2,1-6H3,(H2,23,24,25).